The van der Waals surface area contributed by atoms with Crippen molar-refractivity contribution in [1.29, 1.82) is 10.8 Å². The second-order valence-electron chi connectivity index (χ2n) is 12.8. The number of benzene rings is 3. The molecule has 0 atom stereocenters. The lowest BCUT2D eigenvalue weighted by molar-refractivity contribution is 0.102. The van der Waals surface area contributed by atoms with Crippen molar-refractivity contribution in [3.63, 3.8) is 0 Å². The fraction of sp³-hybridized carbons (Fsp3) is 0.353. The van der Waals surface area contributed by atoms with E-state index in [2.05, 4.69) is 74.9 Å². The molecule has 12 heteroatoms. The summed E-state index contributed by atoms with van der Waals surface area (Å²) in [6.45, 7) is 13.7. The van der Waals surface area contributed by atoms with Gasteiger partial charge in [-0.15, -0.1) is 23.5 Å². The second-order valence-corrected chi connectivity index (χ2v) is 15.1. The van der Waals surface area contributed by atoms with Crippen LogP contribution >= 0.6 is 23.5 Å². The van der Waals surface area contributed by atoms with Gasteiger partial charge in [0, 0.05) is 45.5 Å². The molecule has 3 aromatic carbocycles. The van der Waals surface area contributed by atoms with Crippen molar-refractivity contribution in [1.82, 2.24) is 10.6 Å². The molecule has 10 N–H and O–H groups in total. The molecule has 0 aliphatic heterocycles. The number of guanidine groups is 2. The van der Waals surface area contributed by atoms with E-state index >= 15 is 0 Å². The molecule has 0 aromatic heterocycles. The number of rotatable bonds is 12. The first-order valence-corrected chi connectivity index (χ1v) is 16.9. The number of thioether (sulfide) groups is 2. The zero-order valence-corrected chi connectivity index (χ0v) is 29.0. The summed E-state index contributed by atoms with van der Waals surface area (Å²) in [5.74, 6) is 0.482. The summed E-state index contributed by atoms with van der Waals surface area (Å²) in [6, 6.07) is 18.8. The van der Waals surface area contributed by atoms with Crippen LogP contribution in [0.1, 0.15) is 73.4 Å². The number of anilines is 2. The fourth-order valence-electron chi connectivity index (χ4n) is 4.32. The molecular weight excluding hydrogens is 617 g/mol. The Bertz CT molecular complexity index is 1470. The predicted molar refractivity (Wildman–Crippen MR) is 194 cm³/mol. The van der Waals surface area contributed by atoms with E-state index in [9.17, 15) is 9.59 Å². The number of nitrogens with one attached hydrogen (secondary N) is 6. The summed E-state index contributed by atoms with van der Waals surface area (Å²) in [4.78, 5) is 28.9. The van der Waals surface area contributed by atoms with Crippen LogP contribution in [0.3, 0.4) is 0 Å². The Morgan fingerprint density at radius 3 is 1.39 bits per heavy atom. The number of carbonyl (C=O) groups is 2. The van der Waals surface area contributed by atoms with E-state index in [0.717, 1.165) is 20.9 Å². The molecule has 3 rings (SSSR count). The Balaban J connectivity index is 1.83. The molecule has 0 unspecified atom stereocenters. The highest BCUT2D eigenvalue weighted by Crippen LogP contribution is 2.34. The molecule has 3 aromatic rings. The van der Waals surface area contributed by atoms with Crippen molar-refractivity contribution in [3.05, 3.63) is 82.9 Å². The zero-order chi connectivity index (χ0) is 34.1. The van der Waals surface area contributed by atoms with Crippen molar-refractivity contribution in [3.8, 4) is 0 Å². The van der Waals surface area contributed by atoms with Gasteiger partial charge in [0.1, 0.15) is 0 Å². The molecule has 46 heavy (non-hydrogen) atoms. The molecular formula is C34H46N8O2S2. The van der Waals surface area contributed by atoms with Crippen LogP contribution in [0.15, 0.2) is 70.5 Å². The number of hydrogen-bond donors (Lipinski definition) is 8. The molecule has 0 saturated heterocycles. The Hall–Kier alpha value is -4.16. The van der Waals surface area contributed by atoms with Gasteiger partial charge in [-0.05, 0) is 64.4 Å². The molecule has 0 saturated carbocycles. The van der Waals surface area contributed by atoms with Crippen LogP contribution < -0.4 is 32.7 Å². The Kier molecular flexibility index (Phi) is 12.6. The minimum Gasteiger partial charge on any atom is -0.370 e. The SMILES string of the molecule is CC(C)(C)c1ccc(SCCNC(=N)N)c(NC(=O)c2cccc(C(=O)Nc3cc(C(C)(C)C)ccc3SCCNC(=N)N)c2)c1. The predicted octanol–water partition coefficient (Wildman–Crippen LogP) is 5.94. The third-order valence-corrected chi connectivity index (χ3v) is 9.08. The number of nitrogens with two attached hydrogens (primary N) is 2. The highest BCUT2D eigenvalue weighted by molar-refractivity contribution is 7.99. The number of hydrogen-bond acceptors (Lipinski definition) is 6. The van der Waals surface area contributed by atoms with Crippen LogP contribution in [0, 0.1) is 10.8 Å². The van der Waals surface area contributed by atoms with Crippen LogP contribution in [0.4, 0.5) is 11.4 Å². The van der Waals surface area contributed by atoms with Crippen molar-refractivity contribution < 1.29 is 9.59 Å². The topological polar surface area (TPSA) is 182 Å². The summed E-state index contributed by atoms with van der Waals surface area (Å²) in [6.07, 6.45) is 0. The van der Waals surface area contributed by atoms with E-state index < -0.39 is 0 Å². The molecule has 0 fully saturated rings. The van der Waals surface area contributed by atoms with E-state index in [0.29, 0.717) is 47.1 Å². The molecule has 246 valence electrons. The molecule has 0 bridgehead atoms. The van der Waals surface area contributed by atoms with E-state index in [1.165, 1.54) is 0 Å². The third-order valence-electron chi connectivity index (χ3n) is 6.92. The normalized spacial score (nSPS) is 11.4. The van der Waals surface area contributed by atoms with Gasteiger partial charge in [-0.1, -0.05) is 59.7 Å². The highest BCUT2D eigenvalue weighted by Gasteiger charge is 2.20. The maximum Gasteiger partial charge on any atom is 0.255 e. The smallest absolute Gasteiger partial charge is 0.255 e. The van der Waals surface area contributed by atoms with Gasteiger partial charge >= 0.3 is 0 Å². The lowest BCUT2D eigenvalue weighted by Crippen LogP contribution is -2.31. The van der Waals surface area contributed by atoms with Gasteiger partial charge in [-0.2, -0.15) is 0 Å². The first kappa shape index (κ1) is 36.3. The Morgan fingerprint density at radius 2 is 1.04 bits per heavy atom. The maximum absolute atomic E-state index is 13.5. The molecule has 0 aliphatic carbocycles. The van der Waals surface area contributed by atoms with Crippen LogP contribution in [0.5, 0.6) is 0 Å². The average Bonchev–Trinajstić information content (AvgIpc) is 2.97. The molecule has 2 amide bonds. The summed E-state index contributed by atoms with van der Waals surface area (Å²) < 4.78 is 0. The van der Waals surface area contributed by atoms with Crippen LogP contribution in [-0.2, 0) is 10.8 Å². The van der Waals surface area contributed by atoms with E-state index in [1.807, 2.05) is 24.3 Å². The highest BCUT2D eigenvalue weighted by atomic mass is 32.2. The van der Waals surface area contributed by atoms with Crippen molar-refractivity contribution >= 4 is 58.6 Å². The summed E-state index contributed by atoms with van der Waals surface area (Å²) >= 11 is 3.10. The largest absolute Gasteiger partial charge is 0.370 e. The monoisotopic (exact) mass is 662 g/mol. The summed E-state index contributed by atoms with van der Waals surface area (Å²) in [5, 5.41) is 26.5. The summed E-state index contributed by atoms with van der Waals surface area (Å²) in [7, 11) is 0. The standard InChI is InChI=1S/C34H46N8O2S2/c1-33(2,3)23-10-12-27(45-16-14-39-31(35)36)25(19-23)41-29(43)21-8-7-9-22(18-21)30(44)42-26-20-24(34(4,5)6)11-13-28(26)46-17-15-40-32(37)38/h7-13,18-20H,14-17H2,1-6H3,(H,41,43)(H,42,44)(H4,35,36,39)(H4,37,38,40). The van der Waals surface area contributed by atoms with E-state index in [1.54, 1.807) is 47.8 Å². The lowest BCUT2D eigenvalue weighted by atomic mass is 9.87. The van der Waals surface area contributed by atoms with Gasteiger partial charge in [0.2, 0.25) is 0 Å². The van der Waals surface area contributed by atoms with Crippen LogP contribution in [0.2, 0.25) is 0 Å². The van der Waals surface area contributed by atoms with Crippen molar-refractivity contribution in [2.75, 3.05) is 35.2 Å². The molecule has 10 nitrogen and oxygen atoms in total. The maximum atomic E-state index is 13.5. The van der Waals surface area contributed by atoms with Gasteiger partial charge in [0.25, 0.3) is 11.8 Å². The van der Waals surface area contributed by atoms with E-state index in [-0.39, 0.29) is 34.6 Å². The third kappa shape index (κ3) is 11.0. The van der Waals surface area contributed by atoms with Crippen LogP contribution in [0.25, 0.3) is 0 Å². The van der Waals surface area contributed by atoms with Gasteiger partial charge in [-0.25, -0.2) is 0 Å². The quantitative estimate of drug-likeness (QED) is 0.0508. The minimum atomic E-state index is -0.326. The van der Waals surface area contributed by atoms with Crippen molar-refractivity contribution in [2.45, 2.75) is 62.2 Å². The van der Waals surface area contributed by atoms with Crippen molar-refractivity contribution in [2.24, 2.45) is 11.5 Å². The minimum absolute atomic E-state index is 0.0834. The summed E-state index contributed by atoms with van der Waals surface area (Å²) in [5.41, 5.74) is 14.8. The fourth-order valence-corrected chi connectivity index (χ4v) is 6.03. The average molecular weight is 663 g/mol. The Morgan fingerprint density at radius 1 is 0.652 bits per heavy atom. The lowest BCUT2D eigenvalue weighted by Gasteiger charge is -2.22. The van der Waals surface area contributed by atoms with Gasteiger partial charge in [0.15, 0.2) is 11.9 Å². The first-order valence-electron chi connectivity index (χ1n) is 15.0. The number of amides is 2. The zero-order valence-electron chi connectivity index (χ0n) is 27.4. The second kappa shape index (κ2) is 15.9. The first-order chi connectivity index (χ1) is 21.5. The van der Waals surface area contributed by atoms with Crippen LogP contribution in [-0.4, -0.2) is 48.3 Å². The molecule has 0 heterocycles. The molecule has 0 aliphatic rings. The Labute approximate surface area is 280 Å². The number of carbonyl (C=O) groups excluding carboxylic acids is 2. The van der Waals surface area contributed by atoms with E-state index in [4.69, 9.17) is 22.3 Å². The molecule has 0 spiro atoms. The molecule has 0 radical (unpaired) electrons. The van der Waals surface area contributed by atoms with Gasteiger partial charge < -0.3 is 32.7 Å². The van der Waals surface area contributed by atoms with Gasteiger partial charge in [0.05, 0.1) is 11.4 Å². The van der Waals surface area contributed by atoms with Gasteiger partial charge in [-0.3, -0.25) is 20.4 Å².